The highest BCUT2D eigenvalue weighted by atomic mass is 16.3. The van der Waals surface area contributed by atoms with Gasteiger partial charge in [-0.1, -0.05) is 36.3 Å². The Bertz CT molecular complexity index is 776. The molecule has 0 spiro atoms. The van der Waals surface area contributed by atoms with Crippen molar-refractivity contribution in [1.29, 1.82) is 0 Å². The second-order valence-electron chi connectivity index (χ2n) is 5.64. The number of aliphatic hydroxyl groups excluding tert-OH is 1. The Morgan fingerprint density at radius 2 is 2.00 bits per heavy atom. The van der Waals surface area contributed by atoms with Gasteiger partial charge in [-0.15, -0.1) is 0 Å². The molecule has 7 nitrogen and oxygen atoms in total. The molecule has 0 aliphatic rings. The summed E-state index contributed by atoms with van der Waals surface area (Å²) < 4.78 is 7.60. The van der Waals surface area contributed by atoms with Gasteiger partial charge in [0.05, 0.1) is 12.6 Å². The monoisotopic (exact) mass is 327 g/mol. The summed E-state index contributed by atoms with van der Waals surface area (Å²) in [7, 11) is 0. The smallest absolute Gasteiger partial charge is 0.243 e. The highest BCUT2D eigenvalue weighted by Crippen LogP contribution is 2.24. The van der Waals surface area contributed by atoms with E-state index in [0.29, 0.717) is 12.5 Å². The zero-order chi connectivity index (χ0) is 16.9. The Hall–Kier alpha value is -2.67. The maximum Gasteiger partial charge on any atom is 0.243 e. The Kier molecular flexibility index (Phi) is 4.90. The van der Waals surface area contributed by atoms with Crippen LogP contribution in [0.1, 0.15) is 37.7 Å². The summed E-state index contributed by atoms with van der Waals surface area (Å²) in [6.07, 6.45) is 0.497. The third-order valence-corrected chi connectivity index (χ3v) is 3.73. The van der Waals surface area contributed by atoms with Crippen LogP contribution in [0.15, 0.2) is 40.8 Å². The van der Waals surface area contributed by atoms with Gasteiger partial charge in [-0.05, 0) is 41.5 Å². The maximum atomic E-state index is 9.56. The number of rotatable bonds is 7. The summed E-state index contributed by atoms with van der Waals surface area (Å²) in [6, 6.07) is 11.6. The molecule has 0 aliphatic heterocycles. The van der Waals surface area contributed by atoms with Gasteiger partial charge in [-0.2, -0.15) is 0 Å². The van der Waals surface area contributed by atoms with Crippen molar-refractivity contribution in [3.8, 4) is 11.3 Å². The molecule has 0 unspecified atom stereocenters. The van der Waals surface area contributed by atoms with Gasteiger partial charge >= 0.3 is 0 Å². The van der Waals surface area contributed by atoms with Crippen LogP contribution in [-0.2, 0) is 13.1 Å². The molecule has 3 rings (SSSR count). The normalized spacial score (nSPS) is 12.3. The summed E-state index contributed by atoms with van der Waals surface area (Å²) >= 11 is 0. The van der Waals surface area contributed by atoms with Crippen LogP contribution >= 0.6 is 0 Å². The predicted octanol–water partition coefficient (Wildman–Crippen LogP) is 3.01. The van der Waals surface area contributed by atoms with Gasteiger partial charge in [0.2, 0.25) is 5.95 Å². The van der Waals surface area contributed by atoms with Crippen molar-refractivity contribution < 1.29 is 9.52 Å². The average molecular weight is 327 g/mol. The molecular weight excluding hydrogens is 306 g/mol. The molecule has 0 saturated carbocycles. The molecule has 24 heavy (non-hydrogen) atoms. The van der Waals surface area contributed by atoms with Crippen molar-refractivity contribution in [2.45, 2.75) is 39.5 Å². The minimum absolute atomic E-state index is 0.468. The second kappa shape index (κ2) is 7.27. The van der Waals surface area contributed by atoms with Crippen LogP contribution in [0.25, 0.3) is 11.3 Å². The number of aromatic nitrogens is 4. The number of benzene rings is 1. The fraction of sp³-hybridized carbons (Fsp3) is 0.353. The molecule has 0 saturated heterocycles. The first-order chi connectivity index (χ1) is 11.7. The minimum Gasteiger partial charge on any atom is -0.459 e. The number of tetrazole rings is 1. The van der Waals surface area contributed by atoms with Crippen molar-refractivity contribution in [2.24, 2.45) is 0 Å². The van der Waals surface area contributed by atoms with Crippen LogP contribution in [0.4, 0.5) is 5.95 Å². The first-order valence-electron chi connectivity index (χ1n) is 8.04. The van der Waals surface area contributed by atoms with Gasteiger partial charge in [-0.25, -0.2) is 4.68 Å². The van der Waals surface area contributed by atoms with Crippen molar-refractivity contribution in [3.63, 3.8) is 0 Å². The fourth-order valence-electron chi connectivity index (χ4n) is 2.41. The number of anilines is 1. The largest absolute Gasteiger partial charge is 0.459 e. The van der Waals surface area contributed by atoms with E-state index >= 15 is 0 Å². The Morgan fingerprint density at radius 3 is 2.71 bits per heavy atom. The highest BCUT2D eigenvalue weighted by molar-refractivity contribution is 5.58. The number of nitrogens with zero attached hydrogens (tertiary/aromatic N) is 4. The lowest BCUT2D eigenvalue weighted by molar-refractivity contribution is 0.199. The molecular formula is C17H21N5O2. The van der Waals surface area contributed by atoms with Crippen LogP contribution in [0.3, 0.4) is 0 Å². The van der Waals surface area contributed by atoms with E-state index in [1.54, 1.807) is 11.6 Å². The minimum atomic E-state index is -0.468. The zero-order valence-electron chi connectivity index (χ0n) is 13.8. The van der Waals surface area contributed by atoms with E-state index in [9.17, 15) is 5.11 Å². The second-order valence-corrected chi connectivity index (χ2v) is 5.64. The van der Waals surface area contributed by atoms with Gasteiger partial charge < -0.3 is 14.8 Å². The Labute approximate surface area is 140 Å². The van der Waals surface area contributed by atoms with E-state index < -0.39 is 6.10 Å². The lowest BCUT2D eigenvalue weighted by atomic mass is 10.1. The Morgan fingerprint density at radius 1 is 1.21 bits per heavy atom. The molecule has 0 bridgehead atoms. The number of aliphatic hydroxyl groups is 1. The van der Waals surface area contributed by atoms with Crippen LogP contribution in [-0.4, -0.2) is 25.3 Å². The first kappa shape index (κ1) is 16.2. The van der Waals surface area contributed by atoms with Crippen LogP contribution in [0.5, 0.6) is 0 Å². The van der Waals surface area contributed by atoms with Crippen LogP contribution in [0, 0.1) is 0 Å². The zero-order valence-corrected chi connectivity index (χ0v) is 13.8. The van der Waals surface area contributed by atoms with Gasteiger partial charge in [0.25, 0.3) is 0 Å². The van der Waals surface area contributed by atoms with Crippen LogP contribution < -0.4 is 5.32 Å². The van der Waals surface area contributed by atoms with E-state index in [0.717, 1.165) is 35.6 Å². The number of hydrogen-bond acceptors (Lipinski definition) is 6. The molecule has 3 aromatic rings. The maximum absolute atomic E-state index is 9.56. The lowest BCUT2D eigenvalue weighted by Gasteiger charge is -2.05. The summed E-state index contributed by atoms with van der Waals surface area (Å²) in [5, 5.41) is 24.3. The number of nitrogens with one attached hydrogen (secondary N) is 1. The molecule has 2 aromatic heterocycles. The Balaban J connectivity index is 1.66. The van der Waals surface area contributed by atoms with E-state index in [2.05, 4.69) is 27.8 Å². The molecule has 1 atom stereocenters. The predicted molar refractivity (Wildman–Crippen MR) is 90.2 cm³/mol. The third kappa shape index (κ3) is 3.62. The molecule has 126 valence electrons. The van der Waals surface area contributed by atoms with Gasteiger partial charge in [-0.3, -0.25) is 0 Å². The summed E-state index contributed by atoms with van der Waals surface area (Å²) in [4.78, 5) is 0. The number of aryl methyl sites for hydroxylation is 1. The van der Waals surface area contributed by atoms with Gasteiger partial charge in [0.1, 0.15) is 11.5 Å². The lowest BCUT2D eigenvalue weighted by Crippen LogP contribution is -2.08. The number of hydrogen-bond donors (Lipinski definition) is 2. The number of furan rings is 1. The SMILES string of the molecule is CCCn1nnnc1NCc1ccc(-c2ccc([C@@H](C)O)cc2)o1. The molecule has 1 aromatic carbocycles. The van der Waals surface area contributed by atoms with E-state index in [1.807, 2.05) is 36.4 Å². The van der Waals surface area contributed by atoms with Crippen molar-refractivity contribution in [2.75, 3.05) is 5.32 Å². The summed E-state index contributed by atoms with van der Waals surface area (Å²) in [6.45, 7) is 5.11. The molecule has 7 heteroatoms. The van der Waals surface area contributed by atoms with Gasteiger partial charge in [0, 0.05) is 12.1 Å². The quantitative estimate of drug-likeness (QED) is 0.693. The molecule has 0 fully saturated rings. The molecule has 2 N–H and O–H groups in total. The highest BCUT2D eigenvalue weighted by Gasteiger charge is 2.09. The molecule has 0 aliphatic carbocycles. The molecule has 2 heterocycles. The average Bonchev–Trinajstić information content (AvgIpc) is 3.23. The van der Waals surface area contributed by atoms with E-state index in [4.69, 9.17) is 4.42 Å². The van der Waals surface area contributed by atoms with Crippen molar-refractivity contribution >= 4 is 5.95 Å². The van der Waals surface area contributed by atoms with Gasteiger partial charge in [0.15, 0.2) is 0 Å². The first-order valence-corrected chi connectivity index (χ1v) is 8.04. The van der Waals surface area contributed by atoms with Crippen molar-refractivity contribution in [3.05, 3.63) is 47.7 Å². The summed E-state index contributed by atoms with van der Waals surface area (Å²) in [5.41, 5.74) is 1.86. The topological polar surface area (TPSA) is 89.0 Å². The van der Waals surface area contributed by atoms with Crippen molar-refractivity contribution in [1.82, 2.24) is 20.2 Å². The third-order valence-electron chi connectivity index (χ3n) is 3.73. The summed E-state index contributed by atoms with van der Waals surface area (Å²) in [5.74, 6) is 2.23. The fourth-order valence-corrected chi connectivity index (χ4v) is 2.41. The van der Waals surface area contributed by atoms with Crippen LogP contribution in [0.2, 0.25) is 0 Å². The molecule has 0 radical (unpaired) electrons. The standard InChI is InChI=1S/C17H21N5O2/c1-3-10-22-17(19-20-21-22)18-11-15-8-9-16(24-15)14-6-4-13(5-7-14)12(2)23/h4-9,12,23H,3,10-11H2,1-2H3,(H,18,19,21)/t12-/m1/s1. The molecule has 0 amide bonds. The van der Waals surface area contributed by atoms with E-state index in [-0.39, 0.29) is 0 Å². The van der Waals surface area contributed by atoms with E-state index in [1.165, 1.54) is 0 Å².